The van der Waals surface area contributed by atoms with Gasteiger partial charge in [0, 0.05) is 31.4 Å². The number of carbonyl (C=O) groups is 2. The molecule has 0 saturated carbocycles. The third-order valence-corrected chi connectivity index (χ3v) is 8.64. The van der Waals surface area contributed by atoms with Gasteiger partial charge < -0.3 is 19.8 Å². The van der Waals surface area contributed by atoms with Crippen LogP contribution in [0.1, 0.15) is 37.9 Å². The maximum Gasteiger partial charge on any atom is 0.354 e. The summed E-state index contributed by atoms with van der Waals surface area (Å²) in [5.74, 6) is -3.85. The van der Waals surface area contributed by atoms with Gasteiger partial charge in [-0.15, -0.1) is 0 Å². The number of fused-ring (bicyclic) bond motifs is 2. The van der Waals surface area contributed by atoms with Crippen LogP contribution in [0.15, 0.2) is 54.0 Å². The van der Waals surface area contributed by atoms with E-state index in [-0.39, 0.29) is 52.9 Å². The van der Waals surface area contributed by atoms with E-state index in [0.717, 1.165) is 15.5 Å². The van der Waals surface area contributed by atoms with Crippen molar-refractivity contribution in [2.24, 2.45) is 0 Å². The third-order valence-electron chi connectivity index (χ3n) is 8.64. The maximum atomic E-state index is 17.3. The van der Waals surface area contributed by atoms with E-state index >= 15 is 8.78 Å². The van der Waals surface area contributed by atoms with Gasteiger partial charge in [0.05, 0.1) is 34.6 Å². The molecule has 232 valence electrons. The van der Waals surface area contributed by atoms with Crippen molar-refractivity contribution in [1.82, 2.24) is 19.4 Å². The number of rotatable bonds is 4. The predicted molar refractivity (Wildman–Crippen MR) is 167 cm³/mol. The number of aryl methyl sites for hydroxylation is 1. The second kappa shape index (κ2) is 10.8. The van der Waals surface area contributed by atoms with E-state index in [1.807, 2.05) is 13.8 Å². The molecule has 2 aliphatic heterocycles. The molecule has 2 atom stereocenters. The highest BCUT2D eigenvalue weighted by Gasteiger charge is 2.46. The first-order valence-electron chi connectivity index (χ1n) is 14.6. The van der Waals surface area contributed by atoms with Crippen LogP contribution in [0.3, 0.4) is 0 Å². The van der Waals surface area contributed by atoms with Crippen LogP contribution < -0.4 is 15.5 Å². The molecule has 0 spiro atoms. The lowest BCUT2D eigenvalue weighted by Gasteiger charge is -2.45. The minimum Gasteiger partial charge on any atom is -0.507 e. The Morgan fingerprint density at radius 3 is 2.49 bits per heavy atom. The monoisotopic (exact) mass is 614 g/mol. The minimum absolute atomic E-state index is 0.0728. The second-order valence-corrected chi connectivity index (χ2v) is 11.8. The Morgan fingerprint density at radius 1 is 1.11 bits per heavy atom. The number of aromatic hydroxyl groups is 1. The fourth-order valence-electron chi connectivity index (χ4n) is 6.58. The molecule has 2 unspecified atom stereocenters. The number of pyridine rings is 1. The zero-order valence-corrected chi connectivity index (χ0v) is 25.5. The number of nitrogens with zero attached hydrogens (tertiary/aromatic N) is 6. The zero-order chi connectivity index (χ0) is 32.5. The van der Waals surface area contributed by atoms with Gasteiger partial charge in [-0.3, -0.25) is 19.1 Å². The summed E-state index contributed by atoms with van der Waals surface area (Å²) in [5, 5.41) is 10.7. The lowest BCUT2D eigenvalue weighted by Crippen LogP contribution is -2.63. The molecule has 4 aromatic rings. The van der Waals surface area contributed by atoms with E-state index in [1.165, 1.54) is 36.2 Å². The third kappa shape index (κ3) is 4.38. The molecule has 0 bridgehead atoms. The maximum absolute atomic E-state index is 17.3. The van der Waals surface area contributed by atoms with E-state index in [0.29, 0.717) is 16.9 Å². The molecule has 0 aliphatic carbocycles. The van der Waals surface area contributed by atoms with Crippen molar-refractivity contribution in [3.63, 3.8) is 0 Å². The van der Waals surface area contributed by atoms with Crippen molar-refractivity contribution in [3.8, 4) is 22.6 Å². The molecule has 45 heavy (non-hydrogen) atoms. The van der Waals surface area contributed by atoms with Gasteiger partial charge in [-0.25, -0.2) is 13.6 Å². The number of piperazine rings is 1. The summed E-state index contributed by atoms with van der Waals surface area (Å²) in [4.78, 5) is 54.1. The quantitative estimate of drug-likeness (QED) is 0.339. The number of aromatic nitrogens is 3. The lowest BCUT2D eigenvalue weighted by atomic mass is 9.98. The van der Waals surface area contributed by atoms with Crippen LogP contribution in [0, 0.1) is 18.6 Å². The molecule has 2 aromatic carbocycles. The Morgan fingerprint density at radius 2 is 1.82 bits per heavy atom. The fraction of sp³-hybridized carbons (Fsp3) is 0.303. The van der Waals surface area contributed by atoms with Crippen LogP contribution in [0.4, 0.5) is 20.3 Å². The number of halogens is 2. The normalized spacial score (nSPS) is 18.0. The molecule has 1 N–H and O–H groups in total. The first-order valence-corrected chi connectivity index (χ1v) is 14.6. The number of amides is 2. The smallest absolute Gasteiger partial charge is 0.354 e. The van der Waals surface area contributed by atoms with Gasteiger partial charge in [-0.1, -0.05) is 38.6 Å². The summed E-state index contributed by atoms with van der Waals surface area (Å²) in [5.41, 5.74) is -0.856. The molecule has 2 aliphatic rings. The number of likely N-dealkylation sites (N-methyl/N-ethyl adjacent to an activating group) is 1. The summed E-state index contributed by atoms with van der Waals surface area (Å²) >= 11 is 0. The average molecular weight is 615 g/mol. The Hall–Kier alpha value is -5.13. The number of phenols is 1. The molecular weight excluding hydrogens is 582 g/mol. The first-order chi connectivity index (χ1) is 21.4. The van der Waals surface area contributed by atoms with Crippen molar-refractivity contribution in [2.45, 2.75) is 45.7 Å². The van der Waals surface area contributed by atoms with E-state index in [1.54, 1.807) is 31.0 Å². The Kier molecular flexibility index (Phi) is 7.18. The van der Waals surface area contributed by atoms with Gasteiger partial charge in [-0.05, 0) is 43.5 Å². The van der Waals surface area contributed by atoms with Gasteiger partial charge in [0.25, 0.3) is 5.91 Å². The largest absolute Gasteiger partial charge is 0.507 e. The lowest BCUT2D eigenvalue weighted by molar-refractivity contribution is -0.129. The number of benzene rings is 2. The Labute approximate surface area is 257 Å². The van der Waals surface area contributed by atoms with Crippen molar-refractivity contribution >= 4 is 34.2 Å². The number of para-hydroxylation sites is 1. The topological polar surface area (TPSA) is 112 Å². The van der Waals surface area contributed by atoms with Crippen molar-refractivity contribution in [2.75, 3.05) is 29.9 Å². The van der Waals surface area contributed by atoms with E-state index in [9.17, 15) is 19.5 Å². The molecule has 12 heteroatoms. The average Bonchev–Trinajstić information content (AvgIpc) is 3.09. The molecule has 1 fully saturated rings. The van der Waals surface area contributed by atoms with Crippen molar-refractivity contribution in [3.05, 3.63) is 82.6 Å². The summed E-state index contributed by atoms with van der Waals surface area (Å²) in [6.07, 6.45) is 2.74. The van der Waals surface area contributed by atoms with Crippen LogP contribution in [-0.2, 0) is 9.59 Å². The number of phenolic OH excluding ortho intramolecular Hbond substituents is 1. The van der Waals surface area contributed by atoms with Crippen LogP contribution in [0.25, 0.3) is 27.7 Å². The zero-order valence-electron chi connectivity index (χ0n) is 25.5. The fourth-order valence-corrected chi connectivity index (χ4v) is 6.58. The number of anilines is 2. The van der Waals surface area contributed by atoms with Gasteiger partial charge in [0.2, 0.25) is 5.91 Å². The van der Waals surface area contributed by atoms with Crippen LogP contribution in [0.2, 0.25) is 0 Å². The van der Waals surface area contributed by atoms with Gasteiger partial charge in [0.15, 0.2) is 11.6 Å². The number of carbonyl (C=O) groups excluding carboxylic acids is 2. The molecule has 0 radical (unpaired) electrons. The highest BCUT2D eigenvalue weighted by molar-refractivity contribution is 6.14. The molecule has 10 nitrogen and oxygen atoms in total. The van der Waals surface area contributed by atoms with E-state index in [4.69, 9.17) is 0 Å². The van der Waals surface area contributed by atoms with Gasteiger partial charge >= 0.3 is 5.69 Å². The van der Waals surface area contributed by atoms with Crippen LogP contribution in [-0.4, -0.2) is 68.6 Å². The SMILES string of the molecule is C=CC(=O)N1CC(C)N2c3nc(=O)n(-c4c(C)ccnc4C(C)C)c4c(F)c(-c5ccccc5O)c(F)c(c34)N(C)C(=O)C2C1. The second-order valence-electron chi connectivity index (χ2n) is 11.8. The number of hydrogen-bond acceptors (Lipinski definition) is 7. The summed E-state index contributed by atoms with van der Waals surface area (Å²) in [6.45, 7) is 10.9. The summed E-state index contributed by atoms with van der Waals surface area (Å²) in [6, 6.07) is 5.73. The van der Waals surface area contributed by atoms with Gasteiger partial charge in [-0.2, -0.15) is 4.98 Å². The van der Waals surface area contributed by atoms with Gasteiger partial charge in [0.1, 0.15) is 23.1 Å². The standard InChI is InChI=1S/C33H32F2N6O4/c1-7-22(43)39-14-18(5)40-20(15-39)32(44)38(6)29-24-30(26(35)23(25(29)34)19-10-8-9-11-21(19)42)41(33(45)37-31(24)40)28-17(4)12-13-36-27(28)16(2)3/h7-13,16,18,20,42H,1,14-15H2,2-6H3. The summed E-state index contributed by atoms with van der Waals surface area (Å²) in [7, 11) is 1.36. The molecule has 6 rings (SSSR count). The molecular formula is C33H32F2N6O4. The molecule has 1 saturated heterocycles. The van der Waals surface area contributed by atoms with Crippen molar-refractivity contribution in [1.29, 1.82) is 0 Å². The summed E-state index contributed by atoms with van der Waals surface area (Å²) < 4.78 is 35.3. The highest BCUT2D eigenvalue weighted by atomic mass is 19.1. The molecule has 4 heterocycles. The highest BCUT2D eigenvalue weighted by Crippen LogP contribution is 2.47. The Balaban J connectivity index is 1.82. The molecule has 2 aromatic heterocycles. The van der Waals surface area contributed by atoms with E-state index in [2.05, 4.69) is 16.5 Å². The minimum atomic E-state index is -1.11. The first kappa shape index (κ1) is 29.9. The van der Waals surface area contributed by atoms with E-state index < -0.39 is 46.6 Å². The number of hydrogen-bond donors (Lipinski definition) is 1. The molecule has 2 amide bonds. The van der Waals surface area contributed by atoms with Crippen molar-refractivity contribution < 1.29 is 23.5 Å². The van der Waals surface area contributed by atoms with Crippen LogP contribution >= 0.6 is 0 Å². The van der Waals surface area contributed by atoms with Crippen LogP contribution in [0.5, 0.6) is 5.75 Å². The predicted octanol–water partition coefficient (Wildman–Crippen LogP) is 4.43. The Bertz CT molecular complexity index is 1990.